The van der Waals surface area contributed by atoms with E-state index in [0.717, 1.165) is 6.07 Å². The van der Waals surface area contributed by atoms with Gasteiger partial charge in [-0.15, -0.1) is 10.2 Å². The highest BCUT2D eigenvalue weighted by molar-refractivity contribution is 6.00. The number of halogens is 3. The van der Waals surface area contributed by atoms with Crippen molar-refractivity contribution in [2.75, 3.05) is 18.0 Å². The number of anilines is 1. The first-order valence-corrected chi connectivity index (χ1v) is 9.61. The first-order chi connectivity index (χ1) is 14.2. The molecule has 9 heteroatoms. The highest BCUT2D eigenvalue weighted by Gasteiger charge is 2.33. The van der Waals surface area contributed by atoms with E-state index in [4.69, 9.17) is 0 Å². The normalized spacial score (nSPS) is 22.5. The van der Waals surface area contributed by atoms with Crippen molar-refractivity contribution < 1.29 is 23.4 Å². The molecule has 0 radical (unpaired) electrons. The lowest BCUT2D eigenvalue weighted by Gasteiger charge is -2.39. The van der Waals surface area contributed by atoms with Gasteiger partial charge in [0, 0.05) is 41.8 Å². The molecule has 4 rings (SSSR count). The van der Waals surface area contributed by atoms with E-state index in [1.807, 2.05) is 18.7 Å². The summed E-state index contributed by atoms with van der Waals surface area (Å²) >= 11 is 0. The second-order valence-corrected chi connectivity index (χ2v) is 7.87. The summed E-state index contributed by atoms with van der Waals surface area (Å²) < 4.78 is 38.8. The number of phenolic OH excluding ortho intramolecular Hbond substituents is 1. The van der Waals surface area contributed by atoms with E-state index in [2.05, 4.69) is 15.2 Å². The van der Waals surface area contributed by atoms with Gasteiger partial charge in [-0.3, -0.25) is 4.98 Å². The molecule has 2 N–H and O–H groups in total. The molecule has 1 aliphatic rings. The molecular formula is C21H21F3N4O2. The standard InChI is InChI=1S/C21H21F3N4O2/c1-11-9-28(10-12(2)19(11)30)20-16-8-25-6-5-14(16)18(26-27-20)15-4-3-13(7-17(15)29)21(22,23)24/h3-8,11-12,19,29-30H,9-10H2,1-2H3/t11-,12+,19?. The third-order valence-corrected chi connectivity index (χ3v) is 5.62. The number of hydrogen-bond donors (Lipinski definition) is 2. The molecule has 3 atom stereocenters. The van der Waals surface area contributed by atoms with E-state index in [1.54, 1.807) is 18.5 Å². The Morgan fingerprint density at radius 3 is 2.37 bits per heavy atom. The monoisotopic (exact) mass is 418 g/mol. The molecular weight excluding hydrogens is 397 g/mol. The van der Waals surface area contributed by atoms with Gasteiger partial charge in [0.1, 0.15) is 11.4 Å². The number of hydrogen-bond acceptors (Lipinski definition) is 6. The molecule has 1 aliphatic heterocycles. The molecule has 1 unspecified atom stereocenters. The fourth-order valence-electron chi connectivity index (χ4n) is 4.04. The lowest BCUT2D eigenvalue weighted by molar-refractivity contribution is -0.137. The predicted molar refractivity (Wildman–Crippen MR) is 106 cm³/mol. The average molecular weight is 418 g/mol. The number of rotatable bonds is 2. The number of piperidine rings is 1. The number of nitrogens with zero attached hydrogens (tertiary/aromatic N) is 4. The third kappa shape index (κ3) is 3.54. The topological polar surface area (TPSA) is 82.4 Å². The van der Waals surface area contributed by atoms with Crippen molar-refractivity contribution >= 4 is 16.6 Å². The number of fused-ring (bicyclic) bond motifs is 1. The van der Waals surface area contributed by atoms with Crippen molar-refractivity contribution in [3.63, 3.8) is 0 Å². The van der Waals surface area contributed by atoms with E-state index < -0.39 is 23.6 Å². The van der Waals surface area contributed by atoms with Gasteiger partial charge in [-0.25, -0.2) is 0 Å². The minimum absolute atomic E-state index is 0.0425. The SMILES string of the molecule is C[C@@H]1CN(c2nnc(-c3ccc(C(F)(F)F)cc3O)c3ccncc23)C[C@H](C)C1O. The summed E-state index contributed by atoms with van der Waals surface area (Å²) in [5.41, 5.74) is -0.497. The van der Waals surface area contributed by atoms with E-state index in [-0.39, 0.29) is 23.1 Å². The Balaban J connectivity index is 1.81. The van der Waals surface area contributed by atoms with Crippen LogP contribution in [0.3, 0.4) is 0 Å². The van der Waals surface area contributed by atoms with Gasteiger partial charge in [-0.1, -0.05) is 13.8 Å². The summed E-state index contributed by atoms with van der Waals surface area (Å²) in [6, 6.07) is 4.50. The molecule has 0 aliphatic carbocycles. The molecule has 3 heterocycles. The van der Waals surface area contributed by atoms with Crippen molar-refractivity contribution in [2.45, 2.75) is 26.1 Å². The number of aliphatic hydroxyl groups is 1. The van der Waals surface area contributed by atoms with Crippen LogP contribution in [0.15, 0.2) is 36.7 Å². The molecule has 6 nitrogen and oxygen atoms in total. The van der Waals surface area contributed by atoms with Crippen LogP contribution in [0.4, 0.5) is 19.0 Å². The number of aromatic hydroxyl groups is 1. The number of aliphatic hydroxyl groups excluding tert-OH is 1. The maximum Gasteiger partial charge on any atom is 0.416 e. The highest BCUT2D eigenvalue weighted by Crippen LogP contribution is 2.39. The van der Waals surface area contributed by atoms with Gasteiger partial charge in [-0.05, 0) is 36.1 Å². The summed E-state index contributed by atoms with van der Waals surface area (Å²) in [4.78, 5) is 6.21. The van der Waals surface area contributed by atoms with Crippen molar-refractivity contribution in [1.29, 1.82) is 0 Å². The smallest absolute Gasteiger partial charge is 0.416 e. The zero-order chi connectivity index (χ0) is 21.6. The number of phenols is 1. The van der Waals surface area contributed by atoms with Crippen LogP contribution < -0.4 is 4.90 Å². The van der Waals surface area contributed by atoms with Crippen LogP contribution in [0.2, 0.25) is 0 Å². The van der Waals surface area contributed by atoms with E-state index in [0.29, 0.717) is 35.7 Å². The molecule has 3 aromatic rings. The Morgan fingerprint density at radius 1 is 1.03 bits per heavy atom. The van der Waals surface area contributed by atoms with Gasteiger partial charge in [0.2, 0.25) is 0 Å². The lowest BCUT2D eigenvalue weighted by atomic mass is 9.88. The molecule has 0 amide bonds. The molecule has 0 bridgehead atoms. The van der Waals surface area contributed by atoms with Crippen LogP contribution in [0.5, 0.6) is 5.75 Å². The maximum atomic E-state index is 12.9. The van der Waals surface area contributed by atoms with E-state index >= 15 is 0 Å². The summed E-state index contributed by atoms with van der Waals surface area (Å²) in [6.45, 7) is 5.12. The average Bonchev–Trinajstić information content (AvgIpc) is 2.70. The van der Waals surface area contributed by atoms with Crippen LogP contribution in [0.25, 0.3) is 22.0 Å². The molecule has 158 valence electrons. The Kier molecular flexibility index (Phi) is 5.01. The van der Waals surface area contributed by atoms with Gasteiger partial charge < -0.3 is 15.1 Å². The Labute approximate surface area is 171 Å². The number of alkyl halides is 3. The van der Waals surface area contributed by atoms with Gasteiger partial charge in [0.15, 0.2) is 5.82 Å². The number of benzene rings is 1. The lowest BCUT2D eigenvalue weighted by Crippen LogP contribution is -2.47. The highest BCUT2D eigenvalue weighted by atomic mass is 19.4. The van der Waals surface area contributed by atoms with Gasteiger partial charge >= 0.3 is 6.18 Å². The predicted octanol–water partition coefficient (Wildman–Crippen LogP) is 3.87. The molecule has 1 saturated heterocycles. The fourth-order valence-corrected chi connectivity index (χ4v) is 4.04. The Bertz CT molecular complexity index is 1080. The van der Waals surface area contributed by atoms with Gasteiger partial charge in [0.25, 0.3) is 0 Å². The van der Waals surface area contributed by atoms with Crippen LogP contribution in [0, 0.1) is 11.8 Å². The molecule has 0 spiro atoms. The zero-order valence-electron chi connectivity index (χ0n) is 16.4. The van der Waals surface area contributed by atoms with Gasteiger partial charge in [0.05, 0.1) is 11.7 Å². The summed E-state index contributed by atoms with van der Waals surface area (Å²) in [5, 5.41) is 30.4. The molecule has 0 saturated carbocycles. The third-order valence-electron chi connectivity index (χ3n) is 5.62. The summed E-state index contributed by atoms with van der Waals surface area (Å²) in [6.07, 6.45) is -1.76. The van der Waals surface area contributed by atoms with Crippen LogP contribution in [-0.4, -0.2) is 44.6 Å². The van der Waals surface area contributed by atoms with E-state index in [9.17, 15) is 23.4 Å². The van der Waals surface area contributed by atoms with Crippen LogP contribution in [-0.2, 0) is 6.18 Å². The van der Waals surface area contributed by atoms with Crippen molar-refractivity contribution in [3.05, 3.63) is 42.2 Å². The minimum Gasteiger partial charge on any atom is -0.507 e. The maximum absolute atomic E-state index is 12.9. The second-order valence-electron chi connectivity index (χ2n) is 7.87. The zero-order valence-corrected chi connectivity index (χ0v) is 16.4. The summed E-state index contributed by atoms with van der Waals surface area (Å²) in [5.74, 6) is 0.161. The number of pyridine rings is 1. The van der Waals surface area contributed by atoms with Crippen LogP contribution >= 0.6 is 0 Å². The van der Waals surface area contributed by atoms with Crippen molar-refractivity contribution in [1.82, 2.24) is 15.2 Å². The number of aromatic nitrogens is 3. The Morgan fingerprint density at radius 2 is 1.73 bits per heavy atom. The fraction of sp³-hybridized carbons (Fsp3) is 0.381. The minimum atomic E-state index is -4.55. The van der Waals surface area contributed by atoms with E-state index in [1.165, 1.54) is 6.07 Å². The largest absolute Gasteiger partial charge is 0.507 e. The van der Waals surface area contributed by atoms with Crippen molar-refractivity contribution in [2.24, 2.45) is 11.8 Å². The molecule has 2 aromatic heterocycles. The molecule has 1 fully saturated rings. The molecule has 1 aromatic carbocycles. The van der Waals surface area contributed by atoms with Gasteiger partial charge in [-0.2, -0.15) is 13.2 Å². The first kappa shape index (κ1) is 20.3. The molecule has 30 heavy (non-hydrogen) atoms. The second kappa shape index (κ2) is 7.39. The van der Waals surface area contributed by atoms with Crippen LogP contribution in [0.1, 0.15) is 19.4 Å². The quantitative estimate of drug-likeness (QED) is 0.658. The first-order valence-electron chi connectivity index (χ1n) is 9.61. The summed E-state index contributed by atoms with van der Waals surface area (Å²) in [7, 11) is 0. The van der Waals surface area contributed by atoms with Crippen molar-refractivity contribution in [3.8, 4) is 17.0 Å². The Hall–Kier alpha value is -2.94.